The number of ether oxygens (including phenoxy) is 3. The Morgan fingerprint density at radius 3 is 2.38 bits per heavy atom. The number of H-pyrrole nitrogens is 1. The number of nitrogens with zero attached hydrogens (tertiary/aromatic N) is 4. The summed E-state index contributed by atoms with van der Waals surface area (Å²) in [6.07, 6.45) is 3.70. The fraction of sp³-hybridized carbons (Fsp3) is 0.382. The minimum Gasteiger partial charge on any atom is -0.478 e. The highest BCUT2D eigenvalue weighted by Crippen LogP contribution is 2.66. The summed E-state index contributed by atoms with van der Waals surface area (Å²) in [6, 6.07) is 12.9. The third-order valence-corrected chi connectivity index (χ3v) is 19.7. The van der Waals surface area contributed by atoms with Gasteiger partial charge in [0.1, 0.15) is 43.0 Å². The Balaban J connectivity index is 0.774. The van der Waals surface area contributed by atoms with Gasteiger partial charge in [-0.15, -0.1) is 0 Å². The van der Waals surface area contributed by atoms with Crippen molar-refractivity contribution in [3.8, 4) is 11.5 Å². The van der Waals surface area contributed by atoms with Crippen LogP contribution < -0.4 is 46.7 Å². The summed E-state index contributed by atoms with van der Waals surface area (Å²) >= 11 is 0. The van der Waals surface area contributed by atoms with Crippen LogP contribution in [0.4, 0.5) is 16.2 Å². The molecular formula is C55H59N7O22P3+. The first-order valence-electron chi connectivity index (χ1n) is 27.8. The van der Waals surface area contributed by atoms with Gasteiger partial charge in [0.15, 0.2) is 0 Å². The molecule has 6 atom stereocenters. The monoisotopic (exact) mass is 1260 g/mol. The molecule has 6 aliphatic heterocycles. The number of aromatic carboxylic acids is 1. The number of nitro benzene ring substituents is 1. The SMILES string of the molecule is CC(OC(=O)NC/C=C/c1cn([C@H]2C[C@H](O)[C@@H](COP(=O)(O)OP(=O)(O)OP(=O)(O)O)O2)c(=O)[nH]c1=O)c1cc(CNC(=O)c2ccc(C(=O)O)c(C3=c4cc5c6c(c4Oc4c3cc3c7c4CCCN7CCC3)CCC[N+]=6CCC5)c2)ccc1[N+](=O)[O-]. The van der Waals surface area contributed by atoms with Crippen LogP contribution in [-0.4, -0.2) is 114 Å². The molecule has 460 valence electrons. The van der Waals surface area contributed by atoms with E-state index < -0.39 is 94.4 Å². The first-order valence-corrected chi connectivity index (χ1v) is 32.3. The van der Waals surface area contributed by atoms with Gasteiger partial charge in [-0.1, -0.05) is 18.2 Å². The second-order valence-electron chi connectivity index (χ2n) is 21.6. The van der Waals surface area contributed by atoms with Crippen molar-refractivity contribution in [2.45, 2.75) is 95.8 Å². The lowest BCUT2D eigenvalue weighted by Gasteiger charge is -2.39. The maximum atomic E-state index is 14.3. The zero-order valence-corrected chi connectivity index (χ0v) is 49.0. The molecule has 7 heterocycles. The van der Waals surface area contributed by atoms with E-state index in [1.807, 2.05) is 0 Å². The number of aliphatic hydroxyl groups is 1. The summed E-state index contributed by atoms with van der Waals surface area (Å²) in [6.45, 7) is 3.72. The number of aliphatic hydroxyl groups excluding tert-OH is 1. The highest BCUT2D eigenvalue weighted by Gasteiger charge is 2.44. The van der Waals surface area contributed by atoms with Gasteiger partial charge in [-0.3, -0.25) is 33.8 Å². The van der Waals surface area contributed by atoms with Crippen LogP contribution in [-0.2, 0) is 68.5 Å². The summed E-state index contributed by atoms with van der Waals surface area (Å²) in [7, 11) is -17.1. The Bertz CT molecular complexity index is 4160. The first kappa shape index (κ1) is 61.2. The number of phosphoric ester groups is 1. The molecule has 29 nitrogen and oxygen atoms in total. The van der Waals surface area contributed by atoms with Crippen LogP contribution in [0, 0.1) is 10.1 Å². The Hall–Kier alpha value is -7.49. The lowest BCUT2D eigenvalue weighted by Crippen LogP contribution is -2.45. The molecule has 11 rings (SSSR count). The first-order chi connectivity index (χ1) is 41.3. The molecule has 87 heavy (non-hydrogen) atoms. The smallest absolute Gasteiger partial charge is 0.478 e. The van der Waals surface area contributed by atoms with E-state index in [4.69, 9.17) is 24.0 Å². The van der Waals surface area contributed by atoms with Gasteiger partial charge in [0.25, 0.3) is 17.2 Å². The summed E-state index contributed by atoms with van der Waals surface area (Å²) in [4.78, 5) is 119. The highest BCUT2D eigenvalue weighted by molar-refractivity contribution is 7.66. The number of rotatable bonds is 19. The Morgan fingerprint density at radius 1 is 0.897 bits per heavy atom. The largest absolute Gasteiger partial charge is 0.490 e. The number of benzene rings is 4. The van der Waals surface area contributed by atoms with Gasteiger partial charge in [0, 0.05) is 96.4 Å². The molecule has 0 saturated carbocycles. The minimum absolute atomic E-state index is 0.00859. The van der Waals surface area contributed by atoms with Crippen molar-refractivity contribution < 1.29 is 90.1 Å². The van der Waals surface area contributed by atoms with Gasteiger partial charge in [-0.2, -0.15) is 8.62 Å². The van der Waals surface area contributed by atoms with E-state index in [9.17, 15) is 67.8 Å². The van der Waals surface area contributed by atoms with E-state index in [1.54, 1.807) is 6.07 Å². The van der Waals surface area contributed by atoms with E-state index in [0.29, 0.717) is 16.7 Å². The molecule has 6 aliphatic rings. The molecule has 1 fully saturated rings. The second kappa shape index (κ2) is 24.2. The molecule has 5 aromatic rings. The molecule has 1 aromatic heterocycles. The van der Waals surface area contributed by atoms with E-state index in [2.05, 4.69) is 50.4 Å². The molecule has 2 amide bonds. The van der Waals surface area contributed by atoms with Crippen molar-refractivity contribution in [1.82, 2.24) is 24.8 Å². The average molecular weight is 1260 g/mol. The normalized spacial score (nSPS) is 20.2. The quantitative estimate of drug-likeness (QED) is 0.0239. The van der Waals surface area contributed by atoms with E-state index in [0.717, 1.165) is 122 Å². The number of carbonyl (C=O) groups is 3. The number of anilines is 1. The number of nitro groups is 1. The summed E-state index contributed by atoms with van der Waals surface area (Å²) < 4.78 is 68.1. The van der Waals surface area contributed by atoms with Crippen molar-refractivity contribution in [3.05, 3.63) is 164 Å². The molecule has 0 spiro atoms. The van der Waals surface area contributed by atoms with Crippen molar-refractivity contribution in [2.75, 3.05) is 44.2 Å². The number of alkyl carbamates (subject to hydrolysis) is 1. The molecule has 4 aromatic carbocycles. The van der Waals surface area contributed by atoms with Crippen LogP contribution in [0.3, 0.4) is 0 Å². The predicted molar refractivity (Wildman–Crippen MR) is 306 cm³/mol. The fourth-order valence-electron chi connectivity index (χ4n) is 12.3. The van der Waals surface area contributed by atoms with Crippen LogP contribution in [0.2, 0.25) is 0 Å². The number of carboxylic acids is 1. The molecular weight excluding hydrogens is 1200 g/mol. The van der Waals surface area contributed by atoms with Crippen LogP contribution in [0.5, 0.6) is 11.5 Å². The van der Waals surface area contributed by atoms with E-state index in [-0.39, 0.29) is 41.8 Å². The lowest BCUT2D eigenvalue weighted by molar-refractivity contribution is -0.386. The third kappa shape index (κ3) is 12.9. The number of hydrogen-bond acceptors (Lipinski definition) is 18. The van der Waals surface area contributed by atoms with Crippen molar-refractivity contribution in [1.29, 1.82) is 0 Å². The second-order valence-corrected chi connectivity index (χ2v) is 26.1. The minimum atomic E-state index is -5.84. The number of nitrogens with one attached hydrogen (secondary N) is 3. The van der Waals surface area contributed by atoms with Crippen molar-refractivity contribution in [2.24, 2.45) is 0 Å². The Morgan fingerprint density at radius 2 is 1.63 bits per heavy atom. The number of aromatic nitrogens is 2. The Labute approximate surface area is 492 Å². The van der Waals surface area contributed by atoms with Crippen LogP contribution in [0.25, 0.3) is 11.6 Å². The molecule has 32 heteroatoms. The Kier molecular flexibility index (Phi) is 17.0. The molecule has 0 bridgehead atoms. The molecule has 0 aliphatic carbocycles. The van der Waals surface area contributed by atoms with Crippen molar-refractivity contribution >= 4 is 64.5 Å². The van der Waals surface area contributed by atoms with E-state index >= 15 is 0 Å². The van der Waals surface area contributed by atoms with E-state index in [1.165, 1.54) is 71.6 Å². The van der Waals surface area contributed by atoms with Gasteiger partial charge in [0.2, 0.25) is 5.36 Å². The van der Waals surface area contributed by atoms with Crippen molar-refractivity contribution in [3.63, 3.8) is 0 Å². The summed E-state index contributed by atoms with van der Waals surface area (Å²) in [5.41, 5.74) is 5.72. The van der Waals surface area contributed by atoms with Crippen LogP contribution >= 0.6 is 23.5 Å². The third-order valence-electron chi connectivity index (χ3n) is 15.9. The van der Waals surface area contributed by atoms with Crippen LogP contribution in [0.15, 0.2) is 70.4 Å². The molecule has 0 radical (unpaired) electrons. The van der Waals surface area contributed by atoms with Gasteiger partial charge < -0.3 is 59.5 Å². The maximum Gasteiger partial charge on any atom is 0.490 e. The van der Waals surface area contributed by atoms with Gasteiger partial charge in [-0.25, -0.2) is 32.7 Å². The zero-order chi connectivity index (χ0) is 61.9. The van der Waals surface area contributed by atoms with Gasteiger partial charge >= 0.3 is 41.2 Å². The van der Waals surface area contributed by atoms with Crippen LogP contribution in [0.1, 0.15) is 122 Å². The predicted octanol–water partition coefficient (Wildman–Crippen LogP) is 4.00. The molecule has 9 N–H and O–H groups in total. The number of aromatic amines is 1. The van der Waals surface area contributed by atoms with Gasteiger partial charge in [0.05, 0.1) is 39.9 Å². The number of carboxylic acid groups (broad SMARTS) is 1. The summed E-state index contributed by atoms with van der Waals surface area (Å²) in [5, 5.41) is 40.9. The number of carbonyl (C=O) groups excluding carboxylic acids is 2. The zero-order valence-electron chi connectivity index (χ0n) is 46.3. The topological polar surface area (TPSA) is 407 Å². The number of amides is 2. The molecule has 1 saturated heterocycles. The number of hydrogen-bond donors (Lipinski definition) is 9. The fourth-order valence-corrected chi connectivity index (χ4v) is 15.3. The number of aryl methyl sites for hydroxylation is 2. The standard InChI is InChI=1S/C55H58N7O22P3/c1-29(80-55(69)56-16-2-7-34-27-61(54(68)58-52(34)65)45-25-43(63)44(81-45)28-79-86(75,76)84-87(77,78)83-85(72,73)74)38-21-30(12-15-42(38)62(70)71)26-57-51(64)33-13-14-35(53(66)67)39(24-33)46-40-22-31-8-3-17-59-19-5-10-36(47(31)59)49(40)82-50-37-11-6-20-60-18-4-9-32(48(37)60)23-41(46)50/h2,7,12-15,21-24,27,29,43-45,63H,3-6,8-11,16-20,25-26,28H2,1H3,(H7-,56,57,58,64,65,66,67,68,69,72,73,74,75,76,77,78)/p+1/b7-2+/t29?,43-,44+,45+/m0/s1. The summed E-state index contributed by atoms with van der Waals surface area (Å²) in [5.74, 6) is -0.279. The lowest BCUT2D eigenvalue weighted by atomic mass is 9.81. The maximum absolute atomic E-state index is 14.3. The molecule has 3 unspecified atom stereocenters. The number of phosphoric acid groups is 3. The number of fused-ring (bicyclic) bond motifs is 4. The highest BCUT2D eigenvalue weighted by atomic mass is 31.3. The van der Waals surface area contributed by atoms with Gasteiger partial charge in [-0.05, 0) is 98.5 Å². The average Bonchev–Trinajstić information content (AvgIpc) is 1.12.